The van der Waals surface area contributed by atoms with E-state index in [0.717, 1.165) is 13.8 Å². The molecule has 0 aromatic heterocycles. The number of aliphatic hydroxyl groups excluding tert-OH is 15. The maximum Gasteiger partial charge on any atom is 0.217 e. The van der Waals surface area contributed by atoms with Crippen molar-refractivity contribution in [3.8, 4) is 0 Å². The van der Waals surface area contributed by atoms with Crippen molar-refractivity contribution in [2.75, 3.05) is 33.0 Å². The molecule has 0 aromatic rings. The van der Waals surface area contributed by atoms with Crippen LogP contribution in [0, 0.1) is 0 Å². The van der Waals surface area contributed by atoms with Gasteiger partial charge in [0.15, 0.2) is 31.5 Å². The first kappa shape index (κ1) is 51.0. The molecule has 5 heterocycles. The number of hydrogen-bond donors (Lipinski definition) is 17. The number of amides is 2. The van der Waals surface area contributed by atoms with Crippen molar-refractivity contribution in [3.63, 3.8) is 0 Å². The van der Waals surface area contributed by atoms with E-state index in [4.69, 9.17) is 42.6 Å². The molecule has 0 aliphatic carbocycles. The van der Waals surface area contributed by atoms with E-state index in [1.807, 2.05) is 0 Å². The normalized spacial score (nSPS) is 49.0. The number of hydrogen-bond acceptors (Lipinski definition) is 26. The summed E-state index contributed by atoms with van der Waals surface area (Å²) in [5, 5.41) is 163. The van der Waals surface area contributed by atoms with E-state index >= 15 is 0 Å². The third-order valence-corrected chi connectivity index (χ3v) is 11.1. The van der Waals surface area contributed by atoms with Gasteiger partial charge in [-0.15, -0.1) is 0 Å². The smallest absolute Gasteiger partial charge is 0.217 e. The summed E-state index contributed by atoms with van der Waals surface area (Å²) in [4.78, 5) is 24.4. The summed E-state index contributed by atoms with van der Waals surface area (Å²) in [6.45, 7) is -2.51. The largest absolute Gasteiger partial charge is 0.394 e. The lowest BCUT2D eigenvalue weighted by Gasteiger charge is -2.50. The van der Waals surface area contributed by atoms with Gasteiger partial charge in [0, 0.05) is 13.8 Å². The Morgan fingerprint density at radius 1 is 0.387 bits per heavy atom. The standard InChI is InChI=1S/C34H58N2O26/c1-8(42)35-15-21(48)26(59-33-25(52)29(20(47)13(6-40)56-33)62-32-23(50)22(49)17(44)10(3-37)55-32)14(7-41)58-31(15)61-28-19(46)12(5-39)57-34(24(28)51)60-27-16(36-9(2)43)30(53)54-11(4-38)18(27)45/h10-34,37-41,44-53H,3-7H2,1-2H3,(H,35,42)(H,36,43)/t10-,11-,12-,13-,14-,15-,16-,17+,18+,19+,20+,21-,22+,23-,24-,25-,26-,27-,28+,29+,30?,31?,32?,33?,34?/m1/s1. The summed E-state index contributed by atoms with van der Waals surface area (Å²) < 4.78 is 50.5. The highest BCUT2D eigenvalue weighted by atomic mass is 16.8. The molecule has 0 radical (unpaired) electrons. The Morgan fingerprint density at radius 3 is 1.21 bits per heavy atom. The molecule has 5 fully saturated rings. The number of ether oxygens (including phenoxy) is 9. The number of aliphatic hydroxyl groups is 15. The lowest BCUT2D eigenvalue weighted by atomic mass is 9.94. The molecule has 0 aromatic carbocycles. The van der Waals surface area contributed by atoms with E-state index in [-0.39, 0.29) is 0 Å². The van der Waals surface area contributed by atoms with Gasteiger partial charge in [-0.25, -0.2) is 0 Å². The summed E-state index contributed by atoms with van der Waals surface area (Å²) >= 11 is 0. The van der Waals surface area contributed by atoms with Gasteiger partial charge in [0.2, 0.25) is 11.8 Å². The van der Waals surface area contributed by atoms with Gasteiger partial charge >= 0.3 is 0 Å². The fraction of sp³-hybridized carbons (Fsp3) is 0.941. The SMILES string of the molecule is CC(=O)N[C@H]1C(O[C@H]2[C@@H](O)[C@@H](CO)OC(O[C@H]3[C@@H](O)[C@@H](CO)OC(O)[C@@H]3NC(C)=O)[C@@H]2O)O[C@H](CO)[C@@H](OC2O[C@H](CO)[C@H](O)[C@H](OC3O[C@H](CO)[C@H](O)[C@H](O)[C@H]3O)[C@H]2O)[C@@H]1O. The van der Waals surface area contributed by atoms with Crippen molar-refractivity contribution in [2.24, 2.45) is 0 Å². The van der Waals surface area contributed by atoms with E-state index in [1.54, 1.807) is 0 Å². The van der Waals surface area contributed by atoms with Crippen molar-refractivity contribution in [3.05, 3.63) is 0 Å². The highest BCUT2D eigenvalue weighted by Gasteiger charge is 2.57. The quantitative estimate of drug-likeness (QED) is 0.0725. The minimum atomic E-state index is -2.11. The molecular formula is C34H58N2O26. The summed E-state index contributed by atoms with van der Waals surface area (Å²) in [7, 11) is 0. The Labute approximate surface area is 351 Å². The molecule has 0 bridgehead atoms. The first-order chi connectivity index (χ1) is 29.3. The molecule has 0 spiro atoms. The number of carbonyl (C=O) groups excluding carboxylic acids is 2. The Bertz CT molecular complexity index is 1440. The summed E-state index contributed by atoms with van der Waals surface area (Å²) in [6, 6.07) is -3.27. The third-order valence-electron chi connectivity index (χ3n) is 11.1. The molecule has 5 aliphatic heterocycles. The van der Waals surface area contributed by atoms with Gasteiger partial charge in [0.25, 0.3) is 0 Å². The number of rotatable bonds is 15. The highest BCUT2D eigenvalue weighted by Crippen LogP contribution is 2.35. The molecule has 5 aliphatic rings. The lowest BCUT2D eigenvalue weighted by Crippen LogP contribution is -2.70. The van der Waals surface area contributed by atoms with E-state index < -0.39 is 198 Å². The molecule has 0 saturated carbocycles. The minimum absolute atomic E-state index is 0.717. The van der Waals surface area contributed by atoms with Crippen LogP contribution in [0.3, 0.4) is 0 Å². The van der Waals surface area contributed by atoms with Crippen LogP contribution in [0.4, 0.5) is 0 Å². The van der Waals surface area contributed by atoms with Crippen LogP contribution in [-0.4, -0.2) is 275 Å². The Balaban J connectivity index is 1.37. The van der Waals surface area contributed by atoms with Crippen LogP contribution in [0.5, 0.6) is 0 Å². The number of carbonyl (C=O) groups is 2. The van der Waals surface area contributed by atoms with Gasteiger partial charge in [-0.05, 0) is 0 Å². The monoisotopic (exact) mass is 910 g/mol. The summed E-state index contributed by atoms with van der Waals surface area (Å²) in [5.74, 6) is -1.54. The van der Waals surface area contributed by atoms with Gasteiger partial charge < -0.3 is 130 Å². The molecule has 5 rings (SSSR count). The average molecular weight is 911 g/mol. The molecule has 25 atom stereocenters. The molecule has 28 heteroatoms. The Hall–Kier alpha value is -2.02. The maximum atomic E-state index is 12.5. The molecule has 28 nitrogen and oxygen atoms in total. The summed E-state index contributed by atoms with van der Waals surface area (Å²) in [5.41, 5.74) is 0. The molecule has 5 unspecified atom stereocenters. The van der Waals surface area contributed by atoms with E-state index in [0.29, 0.717) is 0 Å². The van der Waals surface area contributed by atoms with Gasteiger partial charge in [0.1, 0.15) is 122 Å². The second-order valence-electron chi connectivity index (χ2n) is 15.4. The van der Waals surface area contributed by atoms with Crippen LogP contribution < -0.4 is 10.6 Å². The fourth-order valence-electron chi connectivity index (χ4n) is 7.83. The molecule has 2 amide bonds. The zero-order chi connectivity index (χ0) is 45.9. The van der Waals surface area contributed by atoms with E-state index in [2.05, 4.69) is 10.6 Å². The Morgan fingerprint density at radius 2 is 0.742 bits per heavy atom. The average Bonchev–Trinajstić information content (AvgIpc) is 3.23. The molecular weight excluding hydrogens is 852 g/mol. The topological polar surface area (TPSA) is 445 Å². The second-order valence-corrected chi connectivity index (χ2v) is 15.4. The van der Waals surface area contributed by atoms with Crippen LogP contribution in [0.25, 0.3) is 0 Å². The highest BCUT2D eigenvalue weighted by molar-refractivity contribution is 5.73. The predicted octanol–water partition coefficient (Wildman–Crippen LogP) is -11.6. The maximum absolute atomic E-state index is 12.5. The van der Waals surface area contributed by atoms with Gasteiger partial charge in [-0.1, -0.05) is 0 Å². The zero-order valence-corrected chi connectivity index (χ0v) is 33.2. The first-order valence-electron chi connectivity index (χ1n) is 19.6. The minimum Gasteiger partial charge on any atom is -0.394 e. The predicted molar refractivity (Wildman–Crippen MR) is 190 cm³/mol. The first-order valence-corrected chi connectivity index (χ1v) is 19.6. The van der Waals surface area contributed by atoms with Crippen molar-refractivity contribution in [1.82, 2.24) is 10.6 Å². The van der Waals surface area contributed by atoms with Gasteiger partial charge in [-0.2, -0.15) is 0 Å². The van der Waals surface area contributed by atoms with Crippen LogP contribution in [-0.2, 0) is 52.2 Å². The van der Waals surface area contributed by atoms with Crippen molar-refractivity contribution >= 4 is 11.8 Å². The third kappa shape index (κ3) is 10.8. The Kier molecular flexibility index (Phi) is 18.1. The van der Waals surface area contributed by atoms with Crippen molar-refractivity contribution in [1.29, 1.82) is 0 Å². The summed E-state index contributed by atoms with van der Waals surface area (Å²) in [6.07, 6.45) is -42.4. The molecule has 62 heavy (non-hydrogen) atoms. The molecule has 5 saturated heterocycles. The number of nitrogens with one attached hydrogen (secondary N) is 2. The van der Waals surface area contributed by atoms with Crippen LogP contribution >= 0.6 is 0 Å². The van der Waals surface area contributed by atoms with E-state index in [9.17, 15) is 86.2 Å². The van der Waals surface area contributed by atoms with Crippen LogP contribution in [0.1, 0.15) is 13.8 Å². The fourth-order valence-corrected chi connectivity index (χ4v) is 7.83. The van der Waals surface area contributed by atoms with E-state index in [1.165, 1.54) is 0 Å². The lowest BCUT2D eigenvalue weighted by molar-refractivity contribution is -0.384. The second kappa shape index (κ2) is 22.0. The van der Waals surface area contributed by atoms with Crippen LogP contribution in [0.2, 0.25) is 0 Å². The van der Waals surface area contributed by atoms with Crippen LogP contribution in [0.15, 0.2) is 0 Å². The molecule has 17 N–H and O–H groups in total. The van der Waals surface area contributed by atoms with Crippen molar-refractivity contribution in [2.45, 2.75) is 167 Å². The van der Waals surface area contributed by atoms with Gasteiger partial charge in [-0.3, -0.25) is 9.59 Å². The van der Waals surface area contributed by atoms with Crippen molar-refractivity contribution < 1.29 is 129 Å². The zero-order valence-electron chi connectivity index (χ0n) is 33.2. The molecule has 360 valence electrons. The van der Waals surface area contributed by atoms with Gasteiger partial charge in [0.05, 0.1) is 33.0 Å².